The van der Waals surface area contributed by atoms with Crippen molar-refractivity contribution < 1.29 is 8.91 Å². The van der Waals surface area contributed by atoms with E-state index in [-0.39, 0.29) is 5.82 Å². The van der Waals surface area contributed by atoms with E-state index < -0.39 is 0 Å². The molecule has 0 amide bonds. The molecule has 0 unspecified atom stereocenters. The summed E-state index contributed by atoms with van der Waals surface area (Å²) < 4.78 is 19.4. The number of benzene rings is 1. The summed E-state index contributed by atoms with van der Waals surface area (Å²) in [6, 6.07) is 6.77. The summed E-state index contributed by atoms with van der Waals surface area (Å²) in [5.74, 6) is 0.854. The molecule has 3 rings (SSSR count). The minimum Gasteiger partial charge on any atom is -0.356 e. The highest BCUT2D eigenvalue weighted by Gasteiger charge is 2.26. The Bertz CT molecular complexity index is 570. The lowest BCUT2D eigenvalue weighted by atomic mass is 9.82. The lowest BCUT2D eigenvalue weighted by Crippen LogP contribution is -2.06. The van der Waals surface area contributed by atoms with Crippen molar-refractivity contribution >= 4 is 0 Å². The number of halogens is 1. The van der Waals surface area contributed by atoms with Crippen molar-refractivity contribution in [2.75, 3.05) is 0 Å². The first-order chi connectivity index (χ1) is 9.27. The summed E-state index contributed by atoms with van der Waals surface area (Å²) in [6.45, 7) is 1.96. The van der Waals surface area contributed by atoms with Crippen LogP contribution in [0.4, 0.5) is 4.39 Å². The average Bonchev–Trinajstić information content (AvgIpc) is 2.82. The number of aryl methyl sites for hydroxylation is 1. The van der Waals surface area contributed by atoms with Gasteiger partial charge in [-0.2, -0.15) is 0 Å². The number of hydrogen-bond acceptors (Lipinski definition) is 2. The van der Waals surface area contributed by atoms with Gasteiger partial charge in [-0.3, -0.25) is 0 Å². The molecule has 0 bridgehead atoms. The second-order valence-electron chi connectivity index (χ2n) is 5.33. The van der Waals surface area contributed by atoms with E-state index in [2.05, 4.69) is 5.16 Å². The van der Waals surface area contributed by atoms with E-state index in [4.69, 9.17) is 4.52 Å². The van der Waals surface area contributed by atoms with Gasteiger partial charge in [0, 0.05) is 5.56 Å². The maximum atomic E-state index is 13.9. The molecule has 2 nitrogen and oxygen atoms in total. The fourth-order valence-electron chi connectivity index (χ4n) is 3.09. The van der Waals surface area contributed by atoms with E-state index in [1.165, 1.54) is 25.3 Å². The molecule has 3 heteroatoms. The Morgan fingerprint density at radius 1 is 1.16 bits per heavy atom. The van der Waals surface area contributed by atoms with Gasteiger partial charge < -0.3 is 4.52 Å². The zero-order valence-corrected chi connectivity index (χ0v) is 11.2. The molecular formula is C16H18FNO. The molecule has 1 aliphatic rings. The number of nitrogens with zero attached hydrogens (tertiary/aromatic N) is 1. The van der Waals surface area contributed by atoms with Crippen LogP contribution in [0.25, 0.3) is 11.3 Å². The fraction of sp³-hybridized carbons (Fsp3) is 0.438. The highest BCUT2D eigenvalue weighted by atomic mass is 19.1. The largest absolute Gasteiger partial charge is 0.356 e. The summed E-state index contributed by atoms with van der Waals surface area (Å²) in [5, 5.41) is 4.07. The van der Waals surface area contributed by atoms with Crippen molar-refractivity contribution in [2.45, 2.75) is 44.9 Å². The Morgan fingerprint density at radius 3 is 2.63 bits per heavy atom. The van der Waals surface area contributed by atoms with Crippen molar-refractivity contribution in [3.63, 3.8) is 0 Å². The second-order valence-corrected chi connectivity index (χ2v) is 5.33. The molecule has 1 heterocycles. The van der Waals surface area contributed by atoms with Crippen LogP contribution in [-0.4, -0.2) is 5.16 Å². The van der Waals surface area contributed by atoms with Gasteiger partial charge in [-0.05, 0) is 37.8 Å². The zero-order chi connectivity index (χ0) is 13.2. The third kappa shape index (κ3) is 2.29. The normalized spacial score (nSPS) is 16.7. The molecule has 2 aromatic rings. The summed E-state index contributed by atoms with van der Waals surface area (Å²) in [6.07, 6.45) is 6.10. The van der Waals surface area contributed by atoms with E-state index >= 15 is 0 Å². The highest BCUT2D eigenvalue weighted by Crippen LogP contribution is 2.40. The van der Waals surface area contributed by atoms with Crippen LogP contribution in [0, 0.1) is 12.7 Å². The number of hydrogen-bond donors (Lipinski definition) is 0. The standard InChI is InChI=1S/C16H18FNO/c1-11-15(12-7-3-2-4-8-12)16(19-18-11)13-9-5-6-10-14(13)17/h5-6,9-10,12H,2-4,7-8H2,1H3. The Hall–Kier alpha value is -1.64. The van der Waals surface area contributed by atoms with Crippen LogP contribution in [0.5, 0.6) is 0 Å². The van der Waals surface area contributed by atoms with E-state index in [9.17, 15) is 4.39 Å². The molecule has 100 valence electrons. The number of rotatable bonds is 2. The van der Waals surface area contributed by atoms with Crippen molar-refractivity contribution in [3.8, 4) is 11.3 Å². The minimum atomic E-state index is -0.240. The van der Waals surface area contributed by atoms with Gasteiger partial charge in [-0.15, -0.1) is 0 Å². The molecule has 1 saturated carbocycles. The summed E-state index contributed by atoms with van der Waals surface area (Å²) >= 11 is 0. The van der Waals surface area contributed by atoms with Crippen LogP contribution in [0.2, 0.25) is 0 Å². The molecule has 0 saturated heterocycles. The van der Waals surface area contributed by atoms with Gasteiger partial charge in [0.15, 0.2) is 5.76 Å². The third-order valence-corrected chi connectivity index (χ3v) is 4.04. The molecule has 1 aromatic carbocycles. The predicted molar refractivity (Wildman–Crippen MR) is 72.5 cm³/mol. The monoisotopic (exact) mass is 259 g/mol. The molecule has 0 atom stereocenters. The SMILES string of the molecule is Cc1noc(-c2ccccc2F)c1C1CCCCC1. The summed E-state index contributed by atoms with van der Waals surface area (Å²) in [4.78, 5) is 0. The summed E-state index contributed by atoms with van der Waals surface area (Å²) in [7, 11) is 0. The zero-order valence-electron chi connectivity index (χ0n) is 11.2. The van der Waals surface area contributed by atoms with Crippen molar-refractivity contribution in [1.29, 1.82) is 0 Å². The Labute approximate surface area is 112 Å². The molecule has 0 spiro atoms. The Balaban J connectivity index is 2.05. The molecule has 0 N–H and O–H groups in total. The van der Waals surface area contributed by atoms with Gasteiger partial charge in [-0.25, -0.2) is 4.39 Å². The molecule has 1 fully saturated rings. The fourth-order valence-corrected chi connectivity index (χ4v) is 3.09. The van der Waals surface area contributed by atoms with E-state index in [1.54, 1.807) is 12.1 Å². The van der Waals surface area contributed by atoms with Crippen molar-refractivity contribution in [1.82, 2.24) is 5.16 Å². The molecule has 1 aliphatic carbocycles. The first kappa shape index (κ1) is 12.4. The molecule has 0 aliphatic heterocycles. The maximum Gasteiger partial charge on any atom is 0.173 e. The van der Waals surface area contributed by atoms with Gasteiger partial charge >= 0.3 is 0 Å². The van der Waals surface area contributed by atoms with Crippen molar-refractivity contribution in [3.05, 3.63) is 41.3 Å². The molecular weight excluding hydrogens is 241 g/mol. The van der Waals surface area contributed by atoms with E-state index in [0.29, 0.717) is 17.2 Å². The number of aromatic nitrogens is 1. The minimum absolute atomic E-state index is 0.240. The average molecular weight is 259 g/mol. The lowest BCUT2D eigenvalue weighted by molar-refractivity contribution is 0.419. The van der Waals surface area contributed by atoms with E-state index in [1.807, 2.05) is 13.0 Å². The first-order valence-corrected chi connectivity index (χ1v) is 6.98. The van der Waals surface area contributed by atoms with Crippen LogP contribution in [0.3, 0.4) is 0 Å². The second kappa shape index (κ2) is 5.16. The van der Waals surface area contributed by atoms with Gasteiger partial charge in [0.1, 0.15) is 5.82 Å². The Kier molecular flexibility index (Phi) is 3.36. The van der Waals surface area contributed by atoms with Crippen LogP contribution in [-0.2, 0) is 0 Å². The van der Waals surface area contributed by atoms with E-state index in [0.717, 1.165) is 24.1 Å². The first-order valence-electron chi connectivity index (χ1n) is 6.98. The van der Waals surface area contributed by atoms with Crippen LogP contribution in [0.15, 0.2) is 28.8 Å². The smallest absolute Gasteiger partial charge is 0.173 e. The Morgan fingerprint density at radius 2 is 1.89 bits per heavy atom. The molecule has 19 heavy (non-hydrogen) atoms. The van der Waals surface area contributed by atoms with Gasteiger partial charge in [0.25, 0.3) is 0 Å². The predicted octanol–water partition coefficient (Wildman–Crippen LogP) is 4.84. The van der Waals surface area contributed by atoms with Crippen molar-refractivity contribution in [2.24, 2.45) is 0 Å². The van der Waals surface area contributed by atoms with Crippen LogP contribution >= 0.6 is 0 Å². The maximum absolute atomic E-state index is 13.9. The van der Waals surface area contributed by atoms with Crippen LogP contribution in [0.1, 0.15) is 49.3 Å². The van der Waals surface area contributed by atoms with Gasteiger partial charge in [-0.1, -0.05) is 36.6 Å². The van der Waals surface area contributed by atoms with Gasteiger partial charge in [0.05, 0.1) is 11.3 Å². The highest BCUT2D eigenvalue weighted by molar-refractivity contribution is 5.63. The topological polar surface area (TPSA) is 26.0 Å². The molecule has 0 radical (unpaired) electrons. The quantitative estimate of drug-likeness (QED) is 0.771. The summed E-state index contributed by atoms with van der Waals surface area (Å²) in [5.41, 5.74) is 2.55. The van der Waals surface area contributed by atoms with Crippen LogP contribution < -0.4 is 0 Å². The van der Waals surface area contributed by atoms with Gasteiger partial charge in [0.2, 0.25) is 0 Å². The lowest BCUT2D eigenvalue weighted by Gasteiger charge is -2.21. The third-order valence-electron chi connectivity index (χ3n) is 4.04. The molecule has 1 aromatic heterocycles.